The van der Waals surface area contributed by atoms with Crippen LogP contribution < -0.4 is 10.2 Å². The Labute approximate surface area is 152 Å². The summed E-state index contributed by atoms with van der Waals surface area (Å²) in [6, 6.07) is 4.43. The SMILES string of the molecule is COCc1nnc(-c2ccc(N3CC(CNC(C)=O)OC3=O)cc2F)s1. The first-order chi connectivity index (χ1) is 12.5. The van der Waals surface area contributed by atoms with E-state index in [1.54, 1.807) is 19.2 Å². The van der Waals surface area contributed by atoms with Crippen molar-refractivity contribution >= 4 is 29.0 Å². The fourth-order valence-corrected chi connectivity index (χ4v) is 3.32. The van der Waals surface area contributed by atoms with Gasteiger partial charge in [0.1, 0.15) is 16.9 Å². The molecule has 1 unspecified atom stereocenters. The molecule has 0 radical (unpaired) electrons. The molecule has 1 atom stereocenters. The number of aromatic nitrogens is 2. The number of amides is 2. The summed E-state index contributed by atoms with van der Waals surface area (Å²) in [4.78, 5) is 24.3. The summed E-state index contributed by atoms with van der Waals surface area (Å²) in [5.41, 5.74) is 0.680. The quantitative estimate of drug-likeness (QED) is 0.823. The van der Waals surface area contributed by atoms with Crippen LogP contribution in [0.25, 0.3) is 10.6 Å². The first kappa shape index (κ1) is 18.2. The Hall–Kier alpha value is -2.59. The third-order valence-electron chi connectivity index (χ3n) is 3.68. The Morgan fingerprint density at radius 1 is 1.50 bits per heavy atom. The van der Waals surface area contributed by atoms with Crippen LogP contribution in [0, 0.1) is 5.82 Å². The van der Waals surface area contributed by atoms with Crippen LogP contribution in [0.2, 0.25) is 0 Å². The normalized spacial score (nSPS) is 16.7. The highest BCUT2D eigenvalue weighted by Crippen LogP contribution is 2.30. The molecule has 1 aliphatic rings. The number of ether oxygens (including phenoxy) is 2. The Morgan fingerprint density at radius 3 is 3.00 bits per heavy atom. The smallest absolute Gasteiger partial charge is 0.414 e. The molecule has 0 bridgehead atoms. The van der Waals surface area contributed by atoms with Crippen LogP contribution in [0.3, 0.4) is 0 Å². The summed E-state index contributed by atoms with van der Waals surface area (Å²) in [5.74, 6) is -0.722. The van der Waals surface area contributed by atoms with Crippen LogP contribution in [0.15, 0.2) is 18.2 Å². The topological polar surface area (TPSA) is 93.7 Å². The van der Waals surface area contributed by atoms with E-state index in [2.05, 4.69) is 15.5 Å². The number of cyclic esters (lactones) is 1. The maximum atomic E-state index is 14.5. The molecule has 0 saturated carbocycles. The van der Waals surface area contributed by atoms with Crippen LogP contribution >= 0.6 is 11.3 Å². The van der Waals surface area contributed by atoms with Crippen molar-refractivity contribution in [2.45, 2.75) is 19.6 Å². The van der Waals surface area contributed by atoms with E-state index >= 15 is 0 Å². The number of methoxy groups -OCH3 is 1. The van der Waals surface area contributed by atoms with Crippen molar-refractivity contribution in [1.29, 1.82) is 0 Å². The lowest BCUT2D eigenvalue weighted by molar-refractivity contribution is -0.119. The molecule has 8 nitrogen and oxygen atoms in total. The number of nitrogens with one attached hydrogen (secondary N) is 1. The third-order valence-corrected chi connectivity index (χ3v) is 4.61. The van der Waals surface area contributed by atoms with Gasteiger partial charge in [0.25, 0.3) is 0 Å². The second kappa shape index (κ2) is 7.75. The predicted molar refractivity (Wildman–Crippen MR) is 92.3 cm³/mol. The van der Waals surface area contributed by atoms with E-state index in [4.69, 9.17) is 9.47 Å². The molecule has 26 heavy (non-hydrogen) atoms. The van der Waals surface area contributed by atoms with Crippen LogP contribution in [-0.4, -0.2) is 48.5 Å². The van der Waals surface area contributed by atoms with Gasteiger partial charge in [-0.05, 0) is 18.2 Å². The molecule has 1 aromatic heterocycles. The molecule has 138 valence electrons. The van der Waals surface area contributed by atoms with Gasteiger partial charge in [-0.1, -0.05) is 11.3 Å². The number of benzene rings is 1. The zero-order chi connectivity index (χ0) is 18.7. The van der Waals surface area contributed by atoms with Crippen molar-refractivity contribution in [2.75, 3.05) is 25.1 Å². The largest absolute Gasteiger partial charge is 0.442 e. The van der Waals surface area contributed by atoms with Gasteiger partial charge >= 0.3 is 6.09 Å². The van der Waals surface area contributed by atoms with E-state index in [1.807, 2.05) is 0 Å². The van der Waals surface area contributed by atoms with Gasteiger partial charge in [-0.3, -0.25) is 9.69 Å². The summed E-state index contributed by atoms with van der Waals surface area (Å²) >= 11 is 1.24. The van der Waals surface area contributed by atoms with E-state index in [1.165, 1.54) is 29.2 Å². The average Bonchev–Trinajstić information content (AvgIpc) is 3.20. The predicted octanol–water partition coefficient (Wildman–Crippen LogP) is 1.95. The Kier molecular flexibility index (Phi) is 5.43. The van der Waals surface area contributed by atoms with Crippen molar-refractivity contribution in [3.05, 3.63) is 29.0 Å². The van der Waals surface area contributed by atoms with Gasteiger partial charge in [0.05, 0.1) is 25.4 Å². The van der Waals surface area contributed by atoms with Gasteiger partial charge in [0.2, 0.25) is 5.91 Å². The van der Waals surface area contributed by atoms with Crippen LogP contribution in [0.5, 0.6) is 0 Å². The van der Waals surface area contributed by atoms with E-state index in [0.29, 0.717) is 27.9 Å². The number of hydrogen-bond acceptors (Lipinski definition) is 7. The number of carbonyl (C=O) groups is 2. The molecule has 0 aliphatic carbocycles. The minimum Gasteiger partial charge on any atom is -0.442 e. The van der Waals surface area contributed by atoms with E-state index in [9.17, 15) is 14.0 Å². The van der Waals surface area contributed by atoms with Crippen molar-refractivity contribution in [3.8, 4) is 10.6 Å². The standard InChI is InChI=1S/C16H17FN4O4S/c1-9(22)18-6-11-7-21(16(23)25-11)10-3-4-12(13(17)5-10)15-20-19-14(26-15)8-24-2/h3-5,11H,6-8H2,1-2H3,(H,18,22). The van der Waals surface area contributed by atoms with Gasteiger partial charge in [-0.2, -0.15) is 0 Å². The molecule has 2 amide bonds. The maximum absolute atomic E-state index is 14.5. The Balaban J connectivity index is 1.74. The van der Waals surface area contributed by atoms with E-state index < -0.39 is 18.0 Å². The summed E-state index contributed by atoms with van der Waals surface area (Å²) in [5, 5.41) is 11.6. The van der Waals surface area contributed by atoms with Crippen LogP contribution in [0.1, 0.15) is 11.9 Å². The number of rotatable bonds is 6. The second-order valence-electron chi connectivity index (χ2n) is 5.65. The fraction of sp³-hybridized carbons (Fsp3) is 0.375. The highest BCUT2D eigenvalue weighted by Gasteiger charge is 2.32. The fourth-order valence-electron chi connectivity index (χ4n) is 2.49. The number of anilines is 1. The zero-order valence-electron chi connectivity index (χ0n) is 14.2. The van der Waals surface area contributed by atoms with Gasteiger partial charge in [0.15, 0.2) is 5.01 Å². The molecule has 2 aromatic rings. The lowest BCUT2D eigenvalue weighted by Gasteiger charge is -2.14. The van der Waals surface area contributed by atoms with Crippen molar-refractivity contribution in [3.63, 3.8) is 0 Å². The first-order valence-electron chi connectivity index (χ1n) is 7.81. The lowest BCUT2D eigenvalue weighted by Crippen LogP contribution is -2.33. The zero-order valence-corrected chi connectivity index (χ0v) is 15.0. The summed E-state index contributed by atoms with van der Waals surface area (Å²) < 4.78 is 24.7. The van der Waals surface area contributed by atoms with Crippen molar-refractivity contribution in [2.24, 2.45) is 0 Å². The molecule has 1 N–H and O–H groups in total. The highest BCUT2D eigenvalue weighted by molar-refractivity contribution is 7.14. The second-order valence-corrected chi connectivity index (χ2v) is 6.71. The van der Waals surface area contributed by atoms with Crippen LogP contribution in [-0.2, 0) is 20.9 Å². The monoisotopic (exact) mass is 380 g/mol. The molecule has 3 rings (SSSR count). The Morgan fingerprint density at radius 2 is 2.31 bits per heavy atom. The molecular formula is C16H17FN4O4S. The molecular weight excluding hydrogens is 363 g/mol. The molecule has 1 aliphatic heterocycles. The van der Waals surface area contributed by atoms with Crippen molar-refractivity contribution in [1.82, 2.24) is 15.5 Å². The summed E-state index contributed by atoms with van der Waals surface area (Å²) in [7, 11) is 1.55. The number of nitrogens with zero attached hydrogens (tertiary/aromatic N) is 3. The third kappa shape index (κ3) is 3.97. The van der Waals surface area contributed by atoms with Crippen molar-refractivity contribution < 1.29 is 23.5 Å². The summed E-state index contributed by atoms with van der Waals surface area (Å²) in [6.07, 6.45) is -1.06. The lowest BCUT2D eigenvalue weighted by atomic mass is 10.2. The number of carbonyl (C=O) groups excluding carboxylic acids is 2. The highest BCUT2D eigenvalue weighted by atomic mass is 32.1. The van der Waals surface area contributed by atoms with E-state index in [-0.39, 0.29) is 19.0 Å². The first-order valence-corrected chi connectivity index (χ1v) is 8.63. The Bertz CT molecular complexity index is 828. The molecule has 1 fully saturated rings. The minimum absolute atomic E-state index is 0.209. The maximum Gasteiger partial charge on any atom is 0.414 e. The van der Waals surface area contributed by atoms with Gasteiger partial charge in [0, 0.05) is 19.6 Å². The molecule has 1 saturated heterocycles. The molecule has 0 spiro atoms. The van der Waals surface area contributed by atoms with Gasteiger partial charge in [-0.25, -0.2) is 9.18 Å². The van der Waals surface area contributed by atoms with Crippen LogP contribution in [0.4, 0.5) is 14.9 Å². The molecule has 2 heterocycles. The molecule has 1 aromatic carbocycles. The van der Waals surface area contributed by atoms with Gasteiger partial charge in [-0.15, -0.1) is 10.2 Å². The summed E-state index contributed by atoms with van der Waals surface area (Å²) in [6.45, 7) is 2.14. The number of halogens is 1. The number of hydrogen-bond donors (Lipinski definition) is 1. The van der Waals surface area contributed by atoms with E-state index in [0.717, 1.165) is 0 Å². The minimum atomic E-state index is -0.578. The average molecular weight is 380 g/mol. The van der Waals surface area contributed by atoms with Gasteiger partial charge < -0.3 is 14.8 Å². The molecule has 10 heteroatoms.